The van der Waals surface area contributed by atoms with E-state index in [-0.39, 0.29) is 11.3 Å². The van der Waals surface area contributed by atoms with Crippen LogP contribution in [0.5, 0.6) is 5.75 Å². The molecule has 0 bridgehead atoms. The zero-order valence-corrected chi connectivity index (χ0v) is 7.50. The molecule has 0 saturated carbocycles. The number of nitrogens with two attached hydrogens (primary N) is 1. The predicted molar refractivity (Wildman–Crippen MR) is 49.1 cm³/mol. The number of rotatable bonds is 2. The molecule has 0 saturated heterocycles. The molecule has 0 unspecified atom stereocenters. The number of carbonyl (C=O) groups is 1. The van der Waals surface area contributed by atoms with Gasteiger partial charge in [-0.15, -0.1) is 0 Å². The van der Waals surface area contributed by atoms with E-state index in [0.29, 0.717) is 5.75 Å². The molecule has 0 aliphatic rings. The summed E-state index contributed by atoms with van der Waals surface area (Å²) in [7, 11) is 1.52. The zero-order valence-electron chi connectivity index (χ0n) is 7.50. The van der Waals surface area contributed by atoms with Gasteiger partial charge in [0.1, 0.15) is 5.75 Å². The number of hydrogen-bond acceptors (Lipinski definition) is 3. The van der Waals surface area contributed by atoms with Crippen molar-refractivity contribution in [1.82, 2.24) is 0 Å². The quantitative estimate of drug-likeness (QED) is 0.674. The van der Waals surface area contributed by atoms with Crippen molar-refractivity contribution in [3.8, 4) is 5.75 Å². The lowest BCUT2D eigenvalue weighted by Gasteiger charge is -2.07. The smallest absolute Gasteiger partial charge is 0.337 e. The van der Waals surface area contributed by atoms with Gasteiger partial charge in [-0.3, -0.25) is 0 Å². The van der Waals surface area contributed by atoms with Crippen molar-refractivity contribution in [1.29, 1.82) is 0 Å². The van der Waals surface area contributed by atoms with Crippen LogP contribution in [0, 0.1) is 6.92 Å². The molecule has 0 amide bonds. The molecule has 0 fully saturated rings. The molecule has 0 spiro atoms. The second kappa shape index (κ2) is 3.35. The highest BCUT2D eigenvalue weighted by Crippen LogP contribution is 2.24. The molecule has 3 N–H and O–H groups in total. The van der Waals surface area contributed by atoms with Gasteiger partial charge < -0.3 is 15.6 Å². The Labute approximate surface area is 75.9 Å². The van der Waals surface area contributed by atoms with Gasteiger partial charge in [0.25, 0.3) is 0 Å². The van der Waals surface area contributed by atoms with Crippen LogP contribution in [-0.2, 0) is 0 Å². The van der Waals surface area contributed by atoms with Crippen LogP contribution in [0.1, 0.15) is 15.9 Å². The van der Waals surface area contributed by atoms with E-state index in [2.05, 4.69) is 0 Å². The van der Waals surface area contributed by atoms with Crippen molar-refractivity contribution in [3.63, 3.8) is 0 Å². The van der Waals surface area contributed by atoms with Gasteiger partial charge in [0.05, 0.1) is 12.7 Å². The summed E-state index contributed by atoms with van der Waals surface area (Å²) >= 11 is 0. The minimum atomic E-state index is -1.02. The molecule has 0 radical (unpaired) electrons. The molecule has 0 heterocycles. The van der Waals surface area contributed by atoms with E-state index in [1.807, 2.05) is 0 Å². The van der Waals surface area contributed by atoms with Crippen LogP contribution in [-0.4, -0.2) is 18.2 Å². The summed E-state index contributed by atoms with van der Waals surface area (Å²) < 4.78 is 4.99. The molecule has 1 aromatic rings. The maximum atomic E-state index is 10.7. The van der Waals surface area contributed by atoms with E-state index in [4.69, 9.17) is 15.6 Å². The Bertz CT molecular complexity index is 347. The summed E-state index contributed by atoms with van der Waals surface area (Å²) in [6, 6.07) is 3.01. The lowest BCUT2D eigenvalue weighted by molar-refractivity contribution is 0.0698. The van der Waals surface area contributed by atoms with Gasteiger partial charge >= 0.3 is 5.97 Å². The Morgan fingerprint density at radius 1 is 1.54 bits per heavy atom. The lowest BCUT2D eigenvalue weighted by atomic mass is 10.1. The van der Waals surface area contributed by atoms with Gasteiger partial charge in [0, 0.05) is 11.8 Å². The van der Waals surface area contributed by atoms with E-state index < -0.39 is 5.97 Å². The minimum Gasteiger partial charge on any atom is -0.496 e. The van der Waals surface area contributed by atoms with E-state index >= 15 is 0 Å². The average molecular weight is 181 g/mol. The fourth-order valence-electron chi connectivity index (χ4n) is 1.11. The predicted octanol–water partition coefficient (Wildman–Crippen LogP) is 1.28. The first-order valence-corrected chi connectivity index (χ1v) is 3.73. The standard InChI is InChI=1S/C9H11NO3/c1-5-3-6(9(11)12)7(10)4-8(5)13-2/h3-4H,10H2,1-2H3,(H,11,12). The minimum absolute atomic E-state index is 0.110. The first-order chi connectivity index (χ1) is 6.06. The van der Waals surface area contributed by atoms with Crippen molar-refractivity contribution in [3.05, 3.63) is 23.3 Å². The van der Waals surface area contributed by atoms with Crippen LogP contribution in [0.2, 0.25) is 0 Å². The fraction of sp³-hybridized carbons (Fsp3) is 0.222. The second-order valence-corrected chi connectivity index (χ2v) is 2.71. The molecule has 4 nitrogen and oxygen atoms in total. The average Bonchev–Trinajstić information content (AvgIpc) is 2.07. The van der Waals surface area contributed by atoms with E-state index in [1.165, 1.54) is 19.2 Å². The number of benzene rings is 1. The first-order valence-electron chi connectivity index (χ1n) is 3.73. The summed E-state index contributed by atoms with van der Waals surface area (Å²) in [5.41, 5.74) is 6.59. The molecule has 0 aliphatic carbocycles. The van der Waals surface area contributed by atoms with Gasteiger partial charge in [-0.05, 0) is 18.6 Å². The molecular weight excluding hydrogens is 170 g/mol. The molecule has 13 heavy (non-hydrogen) atoms. The molecule has 70 valence electrons. The fourth-order valence-corrected chi connectivity index (χ4v) is 1.11. The molecule has 0 atom stereocenters. The number of aryl methyl sites for hydroxylation is 1. The monoisotopic (exact) mass is 181 g/mol. The highest BCUT2D eigenvalue weighted by atomic mass is 16.5. The van der Waals surface area contributed by atoms with Crippen molar-refractivity contribution < 1.29 is 14.6 Å². The van der Waals surface area contributed by atoms with E-state index in [0.717, 1.165) is 5.56 Å². The van der Waals surface area contributed by atoms with Gasteiger partial charge in [-0.2, -0.15) is 0 Å². The van der Waals surface area contributed by atoms with Crippen molar-refractivity contribution in [2.45, 2.75) is 6.92 Å². The first kappa shape index (κ1) is 9.38. The van der Waals surface area contributed by atoms with Crippen molar-refractivity contribution in [2.24, 2.45) is 0 Å². The Morgan fingerprint density at radius 2 is 2.15 bits per heavy atom. The third kappa shape index (κ3) is 1.72. The maximum absolute atomic E-state index is 10.7. The van der Waals surface area contributed by atoms with Crippen LogP contribution >= 0.6 is 0 Å². The Kier molecular flexibility index (Phi) is 2.41. The third-order valence-corrected chi connectivity index (χ3v) is 1.80. The second-order valence-electron chi connectivity index (χ2n) is 2.71. The number of aromatic carboxylic acids is 1. The molecule has 0 aliphatic heterocycles. The van der Waals surface area contributed by atoms with Crippen LogP contribution in [0.15, 0.2) is 12.1 Å². The summed E-state index contributed by atoms with van der Waals surface area (Å²) in [6.07, 6.45) is 0. The number of hydrogen-bond donors (Lipinski definition) is 2. The van der Waals surface area contributed by atoms with Gasteiger partial charge in [-0.25, -0.2) is 4.79 Å². The van der Waals surface area contributed by atoms with E-state index in [1.54, 1.807) is 6.92 Å². The Hall–Kier alpha value is -1.71. The van der Waals surface area contributed by atoms with Crippen LogP contribution in [0.3, 0.4) is 0 Å². The molecule has 1 aromatic carbocycles. The van der Waals surface area contributed by atoms with Crippen LogP contribution in [0.4, 0.5) is 5.69 Å². The number of ether oxygens (including phenoxy) is 1. The van der Waals surface area contributed by atoms with Crippen LogP contribution in [0.25, 0.3) is 0 Å². The molecule has 1 rings (SSSR count). The summed E-state index contributed by atoms with van der Waals surface area (Å²) in [5.74, 6) is -0.425. The maximum Gasteiger partial charge on any atom is 0.337 e. The number of nitrogen functional groups attached to an aromatic ring is 1. The van der Waals surface area contributed by atoms with Crippen molar-refractivity contribution >= 4 is 11.7 Å². The third-order valence-electron chi connectivity index (χ3n) is 1.80. The Morgan fingerprint density at radius 3 is 2.62 bits per heavy atom. The number of carboxylic acid groups (broad SMARTS) is 1. The van der Waals surface area contributed by atoms with Crippen LogP contribution < -0.4 is 10.5 Å². The van der Waals surface area contributed by atoms with Crippen molar-refractivity contribution in [2.75, 3.05) is 12.8 Å². The number of methoxy groups -OCH3 is 1. The van der Waals surface area contributed by atoms with Gasteiger partial charge in [0.15, 0.2) is 0 Å². The summed E-state index contributed by atoms with van der Waals surface area (Å²) in [6.45, 7) is 1.77. The highest BCUT2D eigenvalue weighted by molar-refractivity contribution is 5.94. The van der Waals surface area contributed by atoms with E-state index in [9.17, 15) is 4.79 Å². The topological polar surface area (TPSA) is 72.5 Å². The molecular formula is C9H11NO3. The largest absolute Gasteiger partial charge is 0.496 e. The number of carboxylic acids is 1. The molecule has 0 aromatic heterocycles. The number of anilines is 1. The van der Waals surface area contributed by atoms with Gasteiger partial charge in [-0.1, -0.05) is 0 Å². The normalized spacial score (nSPS) is 9.69. The lowest BCUT2D eigenvalue weighted by Crippen LogP contribution is -2.03. The SMILES string of the molecule is COc1cc(N)c(C(=O)O)cc1C. The molecule has 4 heteroatoms. The highest BCUT2D eigenvalue weighted by Gasteiger charge is 2.10. The summed E-state index contributed by atoms with van der Waals surface area (Å²) in [5, 5.41) is 8.73. The Balaban J connectivity index is 3.28. The summed E-state index contributed by atoms with van der Waals surface area (Å²) in [4.78, 5) is 10.7. The zero-order chi connectivity index (χ0) is 10.0. The van der Waals surface area contributed by atoms with Gasteiger partial charge in [0.2, 0.25) is 0 Å².